The van der Waals surface area contributed by atoms with Crippen LogP contribution in [0.25, 0.3) is 0 Å². The maximum atomic E-state index is 14.5. The van der Waals surface area contributed by atoms with Gasteiger partial charge in [0.1, 0.15) is 15.7 Å². The summed E-state index contributed by atoms with van der Waals surface area (Å²) in [6.45, 7) is 5.92. The van der Waals surface area contributed by atoms with Crippen LogP contribution in [0.4, 0.5) is 5.69 Å². The molecule has 10 nitrogen and oxygen atoms in total. The number of anilines is 1. The van der Waals surface area contributed by atoms with Gasteiger partial charge in [-0.15, -0.1) is 4.36 Å². The van der Waals surface area contributed by atoms with Gasteiger partial charge < -0.3 is 24.0 Å². The molecule has 1 fully saturated rings. The first-order chi connectivity index (χ1) is 24.5. The number of benzene rings is 2. The van der Waals surface area contributed by atoms with E-state index in [9.17, 15) is 18.9 Å². The van der Waals surface area contributed by atoms with Gasteiger partial charge in [0.15, 0.2) is 0 Å². The fourth-order valence-corrected chi connectivity index (χ4v) is 10.5. The second-order valence-electron chi connectivity index (χ2n) is 15.2. The number of nitrogens with one attached hydrogen (secondary N) is 1. The first kappa shape index (κ1) is 35.5. The van der Waals surface area contributed by atoms with Crippen molar-refractivity contribution in [1.82, 2.24) is 9.29 Å². The van der Waals surface area contributed by atoms with Crippen molar-refractivity contribution < 1.29 is 28.4 Å². The van der Waals surface area contributed by atoms with Crippen molar-refractivity contribution in [2.45, 2.75) is 70.5 Å². The molecule has 1 aromatic heterocycles. The van der Waals surface area contributed by atoms with Gasteiger partial charge in [-0.05, 0) is 98.6 Å². The first-order valence-corrected chi connectivity index (χ1v) is 19.9. The molecule has 4 aliphatic rings. The number of methoxy groups -OCH3 is 1. The van der Waals surface area contributed by atoms with Crippen LogP contribution in [0.5, 0.6) is 5.75 Å². The number of hydrogen-bond donors (Lipinski definition) is 2. The lowest BCUT2D eigenvalue weighted by Crippen LogP contribution is -2.49. The molecule has 2 amide bonds. The zero-order valence-corrected chi connectivity index (χ0v) is 30.9. The third kappa shape index (κ3) is 7.12. The van der Waals surface area contributed by atoms with Gasteiger partial charge >= 0.3 is 0 Å². The van der Waals surface area contributed by atoms with Gasteiger partial charge in [-0.1, -0.05) is 42.8 Å². The molecule has 1 saturated carbocycles. The lowest BCUT2D eigenvalue weighted by atomic mass is 9.68. The standard InChI is InChI=1S/C40H50N4O6S/c1-26-10-14-34-28(17-26)8-6-16-40(34)24-44-21-30-11-13-33(30)36(49-4)9-5-7-27(2)23-51(48,42-39(47)31-18-32(22-45)43(3)20-31)41-38(46)29-12-15-37(50-25-40)35(44)19-29/h5,9-10,12,14-15,17-20,27,30,33,36,45H,6-8,11,13,16,21-25H2,1-4H3,(H,41,42,46,47,48)/b9-5+/t27-,30-,33+,36-,40-,51?/m0/s1. The molecule has 6 atom stereocenters. The number of allylic oxidation sites excluding steroid dienone is 1. The number of fused-ring (bicyclic) bond motifs is 4. The number of rotatable bonds is 4. The Hall–Kier alpha value is -3.93. The third-order valence-electron chi connectivity index (χ3n) is 11.5. The van der Waals surface area contributed by atoms with Crippen LogP contribution in [-0.2, 0) is 40.1 Å². The van der Waals surface area contributed by atoms with E-state index in [1.54, 1.807) is 37.1 Å². The predicted octanol–water partition coefficient (Wildman–Crippen LogP) is 5.89. The van der Waals surface area contributed by atoms with Crippen LogP contribution in [-0.4, -0.2) is 64.4 Å². The molecule has 7 rings (SSSR count). The maximum absolute atomic E-state index is 14.5. The number of carbonyl (C=O) groups is 2. The van der Waals surface area contributed by atoms with Crippen molar-refractivity contribution in [2.24, 2.45) is 29.2 Å². The summed E-state index contributed by atoms with van der Waals surface area (Å²) in [4.78, 5) is 29.8. The average Bonchev–Trinajstić information content (AvgIpc) is 3.40. The summed E-state index contributed by atoms with van der Waals surface area (Å²) in [5, 5.41) is 9.65. The summed E-state index contributed by atoms with van der Waals surface area (Å²) < 4.78 is 35.8. The minimum absolute atomic E-state index is 0.0141. The number of hydrogen-bond acceptors (Lipinski definition) is 7. The lowest BCUT2D eigenvalue weighted by Gasteiger charge is -2.46. The van der Waals surface area contributed by atoms with Crippen LogP contribution >= 0.6 is 0 Å². The summed E-state index contributed by atoms with van der Waals surface area (Å²) in [7, 11) is -0.0714. The number of aliphatic hydroxyl groups is 1. The summed E-state index contributed by atoms with van der Waals surface area (Å²) >= 11 is 0. The minimum atomic E-state index is -3.56. The highest BCUT2D eigenvalue weighted by molar-refractivity contribution is 7.92. The fourth-order valence-electron chi connectivity index (χ4n) is 8.62. The first-order valence-electron chi connectivity index (χ1n) is 18.2. The molecule has 2 aromatic carbocycles. The van der Waals surface area contributed by atoms with Crippen molar-refractivity contribution in [3.8, 4) is 5.75 Å². The molecule has 3 heterocycles. The fraction of sp³-hybridized carbons (Fsp3) is 0.500. The van der Waals surface area contributed by atoms with E-state index in [1.807, 2.05) is 19.1 Å². The number of ether oxygens (including phenoxy) is 2. The molecular formula is C40H50N4O6S. The number of nitrogens with zero attached hydrogens (tertiary/aromatic N) is 3. The van der Waals surface area contributed by atoms with Gasteiger partial charge in [0, 0.05) is 50.1 Å². The molecule has 0 saturated heterocycles. The second-order valence-corrected chi connectivity index (χ2v) is 17.2. The van der Waals surface area contributed by atoms with Gasteiger partial charge in [0.2, 0.25) is 0 Å². The molecule has 2 aliphatic heterocycles. The van der Waals surface area contributed by atoms with E-state index in [0.717, 1.165) is 50.9 Å². The number of aliphatic hydroxyl groups excluding tert-OH is 1. The molecule has 2 N–H and O–H groups in total. The van der Waals surface area contributed by atoms with Gasteiger partial charge in [0.05, 0.1) is 36.3 Å². The van der Waals surface area contributed by atoms with E-state index in [4.69, 9.17) is 9.47 Å². The van der Waals surface area contributed by atoms with Crippen LogP contribution in [0.2, 0.25) is 0 Å². The predicted molar refractivity (Wildman–Crippen MR) is 198 cm³/mol. The van der Waals surface area contributed by atoms with Crippen molar-refractivity contribution in [3.63, 3.8) is 0 Å². The highest BCUT2D eigenvalue weighted by atomic mass is 32.2. The smallest absolute Gasteiger partial charge is 0.286 e. The van der Waals surface area contributed by atoms with Crippen LogP contribution < -0.4 is 14.4 Å². The molecule has 272 valence electrons. The number of aromatic nitrogens is 1. The van der Waals surface area contributed by atoms with Crippen LogP contribution in [0.3, 0.4) is 0 Å². The van der Waals surface area contributed by atoms with Crippen LogP contribution in [0.1, 0.15) is 82.1 Å². The lowest BCUT2D eigenvalue weighted by molar-refractivity contribution is 0.0131. The zero-order valence-electron chi connectivity index (χ0n) is 30.1. The van der Waals surface area contributed by atoms with Gasteiger partial charge in [-0.3, -0.25) is 14.3 Å². The van der Waals surface area contributed by atoms with Crippen molar-refractivity contribution in [2.75, 3.05) is 37.5 Å². The highest BCUT2D eigenvalue weighted by Gasteiger charge is 2.44. The summed E-state index contributed by atoms with van der Waals surface area (Å²) in [6, 6.07) is 13.7. The zero-order chi connectivity index (χ0) is 35.9. The Morgan fingerprint density at radius 1 is 1.20 bits per heavy atom. The van der Waals surface area contributed by atoms with E-state index in [-0.39, 0.29) is 35.4 Å². The van der Waals surface area contributed by atoms with Crippen molar-refractivity contribution >= 4 is 27.4 Å². The van der Waals surface area contributed by atoms with E-state index in [1.165, 1.54) is 16.7 Å². The molecule has 51 heavy (non-hydrogen) atoms. The molecule has 1 unspecified atom stereocenters. The van der Waals surface area contributed by atoms with Gasteiger partial charge in [-0.2, -0.15) is 0 Å². The Morgan fingerprint density at radius 2 is 2.04 bits per heavy atom. The van der Waals surface area contributed by atoms with Gasteiger partial charge in [0.25, 0.3) is 11.8 Å². The van der Waals surface area contributed by atoms with E-state index in [2.05, 4.69) is 51.3 Å². The molecular weight excluding hydrogens is 665 g/mol. The molecule has 2 bridgehead atoms. The number of carbonyl (C=O) groups excluding carboxylic acids is 2. The number of amides is 2. The Kier molecular flexibility index (Phi) is 9.90. The Bertz CT molecular complexity index is 1980. The molecule has 1 spiro atoms. The molecule has 3 aromatic rings. The Morgan fingerprint density at radius 3 is 2.78 bits per heavy atom. The molecule has 0 radical (unpaired) electrons. The third-order valence-corrected chi connectivity index (χ3v) is 13.5. The normalized spacial score (nSPS) is 29.8. The topological polar surface area (TPSA) is 122 Å². The monoisotopic (exact) mass is 714 g/mol. The largest absolute Gasteiger partial charge is 0.490 e. The SMILES string of the molecule is CO[C@H]1/C=C/C[C@H](C)CS(=O)(NC(=O)c2cc(CO)n(C)c2)=NC(=O)c2ccc3c(c2)N(C[C@@H]2CC[C@H]21)C[C@@]1(CCCc2cc(C)ccc21)CO3. The summed E-state index contributed by atoms with van der Waals surface area (Å²) in [5.41, 5.74) is 5.68. The quantitative estimate of drug-likeness (QED) is 0.324. The number of aryl methyl sites for hydroxylation is 3. The highest BCUT2D eigenvalue weighted by Crippen LogP contribution is 2.47. The van der Waals surface area contributed by atoms with Crippen LogP contribution in [0.15, 0.2) is 65.2 Å². The Balaban J connectivity index is 1.30. The maximum Gasteiger partial charge on any atom is 0.286 e. The van der Waals surface area contributed by atoms with Gasteiger partial charge in [-0.25, -0.2) is 4.21 Å². The van der Waals surface area contributed by atoms with E-state index in [0.29, 0.717) is 41.9 Å². The van der Waals surface area contributed by atoms with Crippen molar-refractivity contribution in [1.29, 1.82) is 0 Å². The van der Waals surface area contributed by atoms with Crippen LogP contribution in [0, 0.1) is 24.7 Å². The Labute approximate surface area is 301 Å². The molecule has 11 heteroatoms. The average molecular weight is 715 g/mol. The summed E-state index contributed by atoms with van der Waals surface area (Å²) in [5.74, 6) is 0.0172. The van der Waals surface area contributed by atoms with E-state index < -0.39 is 21.7 Å². The van der Waals surface area contributed by atoms with Crippen molar-refractivity contribution in [3.05, 3.63) is 94.3 Å². The molecule has 2 aliphatic carbocycles. The second kappa shape index (κ2) is 14.2. The minimum Gasteiger partial charge on any atom is -0.490 e. The summed E-state index contributed by atoms with van der Waals surface area (Å²) in [6.07, 6.45) is 11.6. The van der Waals surface area contributed by atoms with E-state index >= 15 is 0 Å².